The second-order valence-corrected chi connectivity index (χ2v) is 5.73. The Morgan fingerprint density at radius 1 is 1.48 bits per heavy atom. The van der Waals surface area contributed by atoms with Crippen molar-refractivity contribution in [1.82, 2.24) is 10.2 Å². The van der Waals surface area contributed by atoms with Crippen LogP contribution in [0.2, 0.25) is 0 Å². The van der Waals surface area contributed by atoms with E-state index in [-0.39, 0.29) is 23.8 Å². The summed E-state index contributed by atoms with van der Waals surface area (Å²) in [5, 5.41) is 2.95. The van der Waals surface area contributed by atoms with E-state index in [0.717, 1.165) is 19.3 Å². The molecule has 0 aromatic rings. The van der Waals surface area contributed by atoms with Gasteiger partial charge >= 0.3 is 5.97 Å². The van der Waals surface area contributed by atoms with E-state index >= 15 is 0 Å². The second-order valence-electron chi connectivity index (χ2n) is 5.73. The van der Waals surface area contributed by atoms with Gasteiger partial charge in [-0.25, -0.2) is 4.79 Å². The summed E-state index contributed by atoms with van der Waals surface area (Å²) in [7, 11) is 3.83. The Morgan fingerprint density at radius 3 is 2.81 bits per heavy atom. The standard InChI is InChI=1S/C16H26N2O3/c1-5-13-7-6-8-14(17-15(13)19)11-12(2)16(20)21-10-9-18(3)4/h5,13-14H,1-2,6-11H2,3-4H3,(H,17,19). The van der Waals surface area contributed by atoms with Crippen LogP contribution in [0.3, 0.4) is 0 Å². The number of carbonyl (C=O) groups excluding carboxylic acids is 2. The van der Waals surface area contributed by atoms with Crippen molar-refractivity contribution in [1.29, 1.82) is 0 Å². The number of nitrogens with one attached hydrogen (secondary N) is 1. The van der Waals surface area contributed by atoms with E-state index in [4.69, 9.17) is 4.74 Å². The van der Waals surface area contributed by atoms with Gasteiger partial charge in [0.2, 0.25) is 5.91 Å². The summed E-state index contributed by atoms with van der Waals surface area (Å²) in [5.74, 6) is -0.521. The summed E-state index contributed by atoms with van der Waals surface area (Å²) in [5.41, 5.74) is 0.413. The highest BCUT2D eigenvalue weighted by molar-refractivity contribution is 5.88. The fraction of sp³-hybridized carbons (Fsp3) is 0.625. The predicted molar refractivity (Wildman–Crippen MR) is 82.7 cm³/mol. The SMILES string of the molecule is C=CC1CCCC(CC(=C)C(=O)OCCN(C)C)NC1=O. The van der Waals surface area contributed by atoms with Gasteiger partial charge in [0.1, 0.15) is 6.61 Å². The average molecular weight is 294 g/mol. The van der Waals surface area contributed by atoms with E-state index in [0.29, 0.717) is 25.1 Å². The van der Waals surface area contributed by atoms with Crippen molar-refractivity contribution in [3.63, 3.8) is 0 Å². The summed E-state index contributed by atoms with van der Waals surface area (Å²) < 4.78 is 5.15. The molecule has 1 amide bonds. The molecule has 5 nitrogen and oxygen atoms in total. The molecule has 0 aromatic carbocycles. The number of carbonyl (C=O) groups is 2. The van der Waals surface area contributed by atoms with Crippen molar-refractivity contribution in [2.75, 3.05) is 27.2 Å². The van der Waals surface area contributed by atoms with Crippen LogP contribution in [0.1, 0.15) is 25.7 Å². The van der Waals surface area contributed by atoms with Gasteiger partial charge in [0.15, 0.2) is 0 Å². The zero-order valence-electron chi connectivity index (χ0n) is 13.1. The summed E-state index contributed by atoms with van der Waals surface area (Å²) >= 11 is 0. The minimum absolute atomic E-state index is 0.0127. The molecule has 1 fully saturated rings. The third-order valence-corrected chi connectivity index (χ3v) is 3.59. The van der Waals surface area contributed by atoms with Crippen LogP contribution in [0.5, 0.6) is 0 Å². The molecule has 0 bridgehead atoms. The zero-order valence-corrected chi connectivity index (χ0v) is 13.1. The van der Waals surface area contributed by atoms with Gasteiger partial charge in [0.25, 0.3) is 0 Å². The topological polar surface area (TPSA) is 58.6 Å². The number of amides is 1. The van der Waals surface area contributed by atoms with Gasteiger partial charge in [-0.1, -0.05) is 19.1 Å². The Balaban J connectivity index is 2.41. The van der Waals surface area contributed by atoms with Crippen LogP contribution in [0, 0.1) is 5.92 Å². The maximum atomic E-state index is 11.9. The number of likely N-dealkylation sites (N-methyl/N-ethyl adjacent to an activating group) is 1. The first-order valence-corrected chi connectivity index (χ1v) is 7.36. The minimum atomic E-state index is -0.379. The molecule has 0 saturated carbocycles. The molecule has 0 radical (unpaired) electrons. The highest BCUT2D eigenvalue weighted by Crippen LogP contribution is 2.20. The van der Waals surface area contributed by atoms with E-state index in [2.05, 4.69) is 18.5 Å². The van der Waals surface area contributed by atoms with Crippen molar-refractivity contribution >= 4 is 11.9 Å². The Kier molecular flexibility index (Phi) is 7.15. The number of nitrogens with zero attached hydrogens (tertiary/aromatic N) is 1. The number of rotatable bonds is 7. The van der Waals surface area contributed by atoms with Crippen molar-refractivity contribution in [2.24, 2.45) is 5.92 Å². The molecule has 2 unspecified atom stereocenters. The lowest BCUT2D eigenvalue weighted by Crippen LogP contribution is -2.36. The van der Waals surface area contributed by atoms with Crippen LogP contribution in [0.25, 0.3) is 0 Å². The molecule has 0 aliphatic carbocycles. The van der Waals surface area contributed by atoms with E-state index in [9.17, 15) is 9.59 Å². The van der Waals surface area contributed by atoms with Crippen molar-refractivity contribution in [3.8, 4) is 0 Å². The molecule has 1 rings (SSSR count). The molecule has 118 valence electrons. The zero-order chi connectivity index (χ0) is 15.8. The fourth-order valence-electron chi connectivity index (χ4n) is 2.28. The van der Waals surface area contributed by atoms with E-state index < -0.39 is 0 Å². The molecule has 1 aliphatic heterocycles. The smallest absolute Gasteiger partial charge is 0.333 e. The predicted octanol–water partition coefficient (Wildman–Crippen LogP) is 1.51. The molecule has 1 N–H and O–H groups in total. The molecule has 0 aromatic heterocycles. The first kappa shape index (κ1) is 17.4. The van der Waals surface area contributed by atoms with Gasteiger partial charge < -0.3 is 15.0 Å². The summed E-state index contributed by atoms with van der Waals surface area (Å²) in [6, 6.07) is -0.0450. The van der Waals surface area contributed by atoms with Gasteiger partial charge in [0.05, 0.1) is 5.92 Å². The first-order valence-electron chi connectivity index (χ1n) is 7.36. The first-order chi connectivity index (χ1) is 9.93. The van der Waals surface area contributed by atoms with Crippen molar-refractivity contribution in [2.45, 2.75) is 31.7 Å². The lowest BCUT2D eigenvalue weighted by atomic mass is 10.0. The number of esters is 1. The van der Waals surface area contributed by atoms with Crippen LogP contribution in [-0.2, 0) is 14.3 Å². The molecule has 1 saturated heterocycles. The normalized spacial score (nSPS) is 22.3. The average Bonchev–Trinajstić information content (AvgIpc) is 2.59. The van der Waals surface area contributed by atoms with Gasteiger partial charge in [0, 0.05) is 18.2 Å². The van der Waals surface area contributed by atoms with Crippen LogP contribution in [0.4, 0.5) is 0 Å². The molecule has 1 aliphatic rings. The monoisotopic (exact) mass is 294 g/mol. The lowest BCUT2D eigenvalue weighted by Gasteiger charge is -2.17. The highest BCUT2D eigenvalue weighted by atomic mass is 16.5. The van der Waals surface area contributed by atoms with Crippen LogP contribution < -0.4 is 5.32 Å². The molecule has 2 atom stereocenters. The lowest BCUT2D eigenvalue weighted by molar-refractivity contribution is -0.139. The van der Waals surface area contributed by atoms with Crippen LogP contribution in [0.15, 0.2) is 24.8 Å². The van der Waals surface area contributed by atoms with Gasteiger partial charge in [-0.05, 0) is 33.4 Å². The Labute approximate surface area is 127 Å². The number of ether oxygens (including phenoxy) is 1. The van der Waals surface area contributed by atoms with Gasteiger partial charge in [-0.2, -0.15) is 0 Å². The maximum absolute atomic E-state index is 11.9. The third-order valence-electron chi connectivity index (χ3n) is 3.59. The van der Waals surface area contributed by atoms with E-state index in [1.165, 1.54) is 0 Å². The molecule has 21 heavy (non-hydrogen) atoms. The van der Waals surface area contributed by atoms with Gasteiger partial charge in [-0.3, -0.25) is 4.79 Å². The third kappa shape index (κ3) is 6.12. The van der Waals surface area contributed by atoms with Crippen molar-refractivity contribution < 1.29 is 14.3 Å². The largest absolute Gasteiger partial charge is 0.461 e. The Bertz CT molecular complexity index is 404. The van der Waals surface area contributed by atoms with E-state index in [1.54, 1.807) is 6.08 Å². The quantitative estimate of drug-likeness (QED) is 0.439. The minimum Gasteiger partial charge on any atom is -0.461 e. The fourth-order valence-corrected chi connectivity index (χ4v) is 2.28. The van der Waals surface area contributed by atoms with Crippen LogP contribution >= 0.6 is 0 Å². The summed E-state index contributed by atoms with van der Waals surface area (Å²) in [6.45, 7) is 8.49. The number of hydrogen-bond acceptors (Lipinski definition) is 4. The van der Waals surface area contributed by atoms with Crippen molar-refractivity contribution in [3.05, 3.63) is 24.8 Å². The number of hydrogen-bond donors (Lipinski definition) is 1. The Hall–Kier alpha value is -1.62. The Morgan fingerprint density at radius 2 is 2.19 bits per heavy atom. The molecular weight excluding hydrogens is 268 g/mol. The molecular formula is C16H26N2O3. The summed E-state index contributed by atoms with van der Waals surface area (Å²) in [6.07, 6.45) is 4.72. The molecule has 1 heterocycles. The van der Waals surface area contributed by atoms with E-state index in [1.807, 2.05) is 19.0 Å². The van der Waals surface area contributed by atoms with Gasteiger partial charge in [-0.15, -0.1) is 6.58 Å². The van der Waals surface area contributed by atoms with Crippen LogP contribution in [-0.4, -0.2) is 50.1 Å². The maximum Gasteiger partial charge on any atom is 0.333 e. The molecule has 5 heteroatoms. The second kappa shape index (κ2) is 8.62. The highest BCUT2D eigenvalue weighted by Gasteiger charge is 2.24. The molecule has 0 spiro atoms. The summed E-state index contributed by atoms with van der Waals surface area (Å²) in [4.78, 5) is 25.7.